The topological polar surface area (TPSA) is 136 Å². The summed E-state index contributed by atoms with van der Waals surface area (Å²) in [4.78, 5) is 20.8. The molecule has 0 radical (unpaired) electrons. The molecule has 27 heavy (non-hydrogen) atoms. The number of aromatic hydroxyl groups is 1. The van der Waals surface area contributed by atoms with Gasteiger partial charge in [0, 0.05) is 36.0 Å². The molecule has 0 aliphatic heterocycles. The molecule has 7 nitrogen and oxygen atoms in total. The molecule has 0 aliphatic rings. The number of pyridine rings is 2. The fourth-order valence-electron chi connectivity index (χ4n) is 3.03. The number of carbonyl (C=O) groups is 1. The number of aryl methyl sites for hydroxylation is 1. The number of benzene rings is 1. The number of aromatic nitrogens is 2. The van der Waals surface area contributed by atoms with Crippen molar-refractivity contribution < 1.29 is 9.90 Å². The van der Waals surface area contributed by atoms with Crippen LogP contribution in [0.25, 0.3) is 10.9 Å². The number of rotatable bonds is 6. The average molecular weight is 367 g/mol. The van der Waals surface area contributed by atoms with Gasteiger partial charge in [-0.15, -0.1) is 0 Å². The van der Waals surface area contributed by atoms with Crippen molar-refractivity contribution in [2.45, 2.75) is 25.8 Å². The second kappa shape index (κ2) is 9.07. The second-order valence-electron chi connectivity index (χ2n) is 6.21. The first-order chi connectivity index (χ1) is 12.6. The molecule has 0 saturated heterocycles. The molecule has 7 N–H and O–H groups in total. The number of phenols is 1. The summed E-state index contributed by atoms with van der Waals surface area (Å²) in [5.74, 6) is -0.0540. The molecule has 0 saturated carbocycles. The van der Waals surface area contributed by atoms with Crippen LogP contribution in [0.1, 0.15) is 35.6 Å². The van der Waals surface area contributed by atoms with Crippen LogP contribution in [0.5, 0.6) is 5.75 Å². The normalized spacial score (nSPS) is 11.6. The number of fused-ring (bicyclic) bond motifs is 1. The lowest BCUT2D eigenvalue weighted by Crippen LogP contribution is -2.29. The van der Waals surface area contributed by atoms with Crippen LogP contribution in [0.3, 0.4) is 0 Å². The fourth-order valence-corrected chi connectivity index (χ4v) is 3.03. The summed E-state index contributed by atoms with van der Waals surface area (Å²) < 4.78 is 0. The van der Waals surface area contributed by atoms with Gasteiger partial charge in [-0.1, -0.05) is 12.1 Å². The van der Waals surface area contributed by atoms with Gasteiger partial charge in [0.25, 0.3) is 0 Å². The SMILES string of the molecule is Cc1cc(C(NC(=O)CCCN)c2cccnc2)c(O)c2ncccc12.N. The van der Waals surface area contributed by atoms with E-state index in [-0.39, 0.29) is 17.8 Å². The van der Waals surface area contributed by atoms with Crippen molar-refractivity contribution in [1.82, 2.24) is 21.4 Å². The van der Waals surface area contributed by atoms with Crippen molar-refractivity contribution in [1.29, 1.82) is 0 Å². The first-order valence-electron chi connectivity index (χ1n) is 8.58. The zero-order valence-corrected chi connectivity index (χ0v) is 15.4. The third-order valence-corrected chi connectivity index (χ3v) is 4.34. The van der Waals surface area contributed by atoms with Crippen molar-refractivity contribution in [2.75, 3.05) is 6.54 Å². The Kier molecular flexibility index (Phi) is 6.81. The third-order valence-electron chi connectivity index (χ3n) is 4.34. The minimum atomic E-state index is -0.515. The number of phenolic OH excluding ortho intramolecular Hbond substituents is 1. The number of hydrogen-bond acceptors (Lipinski definition) is 6. The molecule has 0 fully saturated rings. The molecule has 1 aromatic carbocycles. The predicted octanol–water partition coefficient (Wildman–Crippen LogP) is 2.75. The van der Waals surface area contributed by atoms with Crippen LogP contribution in [0.15, 0.2) is 48.9 Å². The van der Waals surface area contributed by atoms with Crippen LogP contribution in [-0.4, -0.2) is 27.5 Å². The number of nitrogens with two attached hydrogens (primary N) is 1. The van der Waals surface area contributed by atoms with E-state index in [0.29, 0.717) is 30.5 Å². The lowest BCUT2D eigenvalue weighted by atomic mass is 9.94. The second-order valence-corrected chi connectivity index (χ2v) is 6.21. The van der Waals surface area contributed by atoms with Crippen LogP contribution in [0, 0.1) is 6.92 Å². The maximum atomic E-state index is 12.3. The highest BCUT2D eigenvalue weighted by Gasteiger charge is 2.22. The van der Waals surface area contributed by atoms with Gasteiger partial charge in [0.1, 0.15) is 11.3 Å². The quantitative estimate of drug-likeness (QED) is 0.529. The van der Waals surface area contributed by atoms with Gasteiger partial charge in [-0.25, -0.2) is 0 Å². The van der Waals surface area contributed by atoms with Crippen molar-refractivity contribution in [3.8, 4) is 5.75 Å². The van der Waals surface area contributed by atoms with E-state index in [4.69, 9.17) is 5.73 Å². The van der Waals surface area contributed by atoms with Crippen molar-refractivity contribution in [2.24, 2.45) is 5.73 Å². The zero-order chi connectivity index (χ0) is 18.5. The summed E-state index contributed by atoms with van der Waals surface area (Å²) in [5.41, 5.74) is 8.39. The van der Waals surface area contributed by atoms with Crippen molar-refractivity contribution >= 4 is 16.8 Å². The molecule has 1 atom stereocenters. The van der Waals surface area contributed by atoms with Crippen molar-refractivity contribution in [3.05, 3.63) is 65.6 Å². The molecule has 0 bridgehead atoms. The number of hydrogen-bond donors (Lipinski definition) is 4. The highest BCUT2D eigenvalue weighted by atomic mass is 16.3. The van der Waals surface area contributed by atoms with Gasteiger partial charge in [-0.3, -0.25) is 14.8 Å². The molecule has 2 aromatic heterocycles. The number of carbonyl (C=O) groups excluding carboxylic acids is 1. The van der Waals surface area contributed by atoms with Crippen LogP contribution in [-0.2, 0) is 4.79 Å². The fraction of sp³-hybridized carbons (Fsp3) is 0.250. The summed E-state index contributed by atoms with van der Waals surface area (Å²) >= 11 is 0. The molecule has 0 spiro atoms. The summed E-state index contributed by atoms with van der Waals surface area (Å²) in [5, 5.41) is 14.7. The Bertz CT molecular complexity index is 915. The summed E-state index contributed by atoms with van der Waals surface area (Å²) in [6.45, 7) is 2.42. The Balaban J connectivity index is 0.00000261. The van der Waals surface area contributed by atoms with Gasteiger partial charge in [0.2, 0.25) is 5.91 Å². The minimum absolute atomic E-state index is 0. The lowest BCUT2D eigenvalue weighted by molar-refractivity contribution is -0.121. The molecular formula is C20H25N5O2. The standard InChI is InChI=1S/C20H22N4O2.H3N/c1-13-11-16(20(26)19-15(13)6-4-10-23-19)18(14-5-3-9-22-12-14)24-17(25)7-2-8-21;/h3-6,9-12,18,26H,2,7-8,21H2,1H3,(H,24,25);1H3. The molecule has 3 rings (SSSR count). The summed E-state index contributed by atoms with van der Waals surface area (Å²) in [6, 6.07) is 8.80. The average Bonchev–Trinajstić information content (AvgIpc) is 2.68. The van der Waals surface area contributed by atoms with Crippen LogP contribution < -0.4 is 17.2 Å². The highest BCUT2D eigenvalue weighted by Crippen LogP contribution is 2.36. The Hall–Kier alpha value is -3.03. The summed E-state index contributed by atoms with van der Waals surface area (Å²) in [6.07, 6.45) is 5.94. The number of nitrogens with one attached hydrogen (secondary N) is 1. The first kappa shape index (κ1) is 20.3. The van der Waals surface area contributed by atoms with E-state index >= 15 is 0 Å². The van der Waals surface area contributed by atoms with E-state index in [0.717, 1.165) is 16.5 Å². The predicted molar refractivity (Wildman–Crippen MR) is 106 cm³/mol. The molecule has 0 aliphatic carbocycles. The van der Waals surface area contributed by atoms with E-state index in [1.807, 2.05) is 31.2 Å². The molecule has 142 valence electrons. The van der Waals surface area contributed by atoms with E-state index < -0.39 is 6.04 Å². The van der Waals surface area contributed by atoms with E-state index in [1.54, 1.807) is 24.7 Å². The lowest BCUT2D eigenvalue weighted by Gasteiger charge is -2.22. The van der Waals surface area contributed by atoms with Crippen LogP contribution >= 0.6 is 0 Å². The van der Waals surface area contributed by atoms with Crippen LogP contribution in [0.2, 0.25) is 0 Å². The third kappa shape index (κ3) is 4.39. The van der Waals surface area contributed by atoms with Gasteiger partial charge < -0.3 is 22.3 Å². The monoisotopic (exact) mass is 367 g/mol. The maximum absolute atomic E-state index is 12.3. The van der Waals surface area contributed by atoms with Crippen molar-refractivity contribution in [3.63, 3.8) is 0 Å². The molecule has 3 aromatic rings. The molecule has 7 heteroatoms. The van der Waals surface area contributed by atoms with E-state index in [1.165, 1.54) is 0 Å². The summed E-state index contributed by atoms with van der Waals surface area (Å²) in [7, 11) is 0. The number of nitrogens with zero attached hydrogens (tertiary/aromatic N) is 2. The minimum Gasteiger partial charge on any atom is -0.505 e. The van der Waals surface area contributed by atoms with Gasteiger partial charge in [-0.05, 0) is 49.2 Å². The van der Waals surface area contributed by atoms with Gasteiger partial charge in [0.15, 0.2) is 0 Å². The molecule has 2 heterocycles. The first-order valence-corrected chi connectivity index (χ1v) is 8.58. The molecule has 1 amide bonds. The molecular weight excluding hydrogens is 342 g/mol. The van der Waals surface area contributed by atoms with Gasteiger partial charge in [-0.2, -0.15) is 0 Å². The van der Waals surface area contributed by atoms with E-state index in [9.17, 15) is 9.90 Å². The Morgan fingerprint density at radius 3 is 2.78 bits per heavy atom. The van der Waals surface area contributed by atoms with Gasteiger partial charge in [0.05, 0.1) is 6.04 Å². The Morgan fingerprint density at radius 1 is 1.30 bits per heavy atom. The highest BCUT2D eigenvalue weighted by molar-refractivity contribution is 5.89. The smallest absolute Gasteiger partial charge is 0.220 e. The maximum Gasteiger partial charge on any atom is 0.220 e. The Labute approximate surface area is 158 Å². The largest absolute Gasteiger partial charge is 0.505 e. The van der Waals surface area contributed by atoms with Crippen LogP contribution in [0.4, 0.5) is 0 Å². The molecule has 1 unspecified atom stereocenters. The number of amides is 1. The van der Waals surface area contributed by atoms with Gasteiger partial charge >= 0.3 is 0 Å². The zero-order valence-electron chi connectivity index (χ0n) is 15.4. The Morgan fingerprint density at radius 2 is 2.07 bits per heavy atom. The van der Waals surface area contributed by atoms with E-state index in [2.05, 4.69) is 15.3 Å².